The number of fused-ring (bicyclic) bond motifs is 1. The molecular weight excluding hydrogens is 306 g/mol. The van der Waals surface area contributed by atoms with Crippen molar-refractivity contribution < 1.29 is 0 Å². The van der Waals surface area contributed by atoms with E-state index in [0.717, 1.165) is 32.4 Å². The number of thioether (sulfide) groups is 1. The Labute approximate surface area is 130 Å². The van der Waals surface area contributed by atoms with Crippen LogP contribution in [0.3, 0.4) is 0 Å². The predicted octanol–water partition coefficient (Wildman–Crippen LogP) is 3.50. The van der Waals surface area contributed by atoms with Crippen LogP contribution in [0.25, 0.3) is 10.9 Å². The Hall–Kier alpha value is -1.66. The van der Waals surface area contributed by atoms with Gasteiger partial charge in [0.15, 0.2) is 0 Å². The van der Waals surface area contributed by atoms with Crippen molar-refractivity contribution in [1.82, 2.24) is 25.2 Å². The fraction of sp³-hybridized carbons (Fsp3) is 0.286. The highest BCUT2D eigenvalue weighted by atomic mass is 35.5. The van der Waals surface area contributed by atoms with Gasteiger partial charge in [-0.05, 0) is 47.0 Å². The number of rotatable bonds is 4. The number of benzene rings is 1. The van der Waals surface area contributed by atoms with Gasteiger partial charge in [0.05, 0.1) is 11.6 Å². The summed E-state index contributed by atoms with van der Waals surface area (Å²) in [6.07, 6.45) is 4.13. The Morgan fingerprint density at radius 1 is 1.29 bits per heavy atom. The van der Waals surface area contributed by atoms with Gasteiger partial charge in [-0.25, -0.2) is 4.68 Å². The molecule has 5 nitrogen and oxygen atoms in total. The maximum atomic E-state index is 6.22. The third-order valence-corrected chi connectivity index (χ3v) is 4.82. The molecule has 0 saturated heterocycles. The van der Waals surface area contributed by atoms with E-state index in [1.165, 1.54) is 12.8 Å². The van der Waals surface area contributed by atoms with Gasteiger partial charge in [0.25, 0.3) is 0 Å². The molecule has 1 aliphatic carbocycles. The molecule has 21 heavy (non-hydrogen) atoms. The van der Waals surface area contributed by atoms with Crippen molar-refractivity contribution in [2.24, 2.45) is 0 Å². The minimum atomic E-state index is 0.489. The van der Waals surface area contributed by atoms with Gasteiger partial charge in [0, 0.05) is 22.4 Å². The maximum absolute atomic E-state index is 6.22. The van der Waals surface area contributed by atoms with Gasteiger partial charge in [0.2, 0.25) is 5.16 Å². The summed E-state index contributed by atoms with van der Waals surface area (Å²) < 4.78 is 1.93. The monoisotopic (exact) mass is 317 g/mol. The Kier molecular flexibility index (Phi) is 3.27. The second-order valence-electron chi connectivity index (χ2n) is 5.03. The SMILES string of the molecule is Clc1ccc(CSc2nnnn2C2CC2)c2ncccc12. The zero-order valence-corrected chi connectivity index (χ0v) is 12.7. The van der Waals surface area contributed by atoms with E-state index in [-0.39, 0.29) is 0 Å². The lowest BCUT2D eigenvalue weighted by atomic mass is 10.1. The highest BCUT2D eigenvalue weighted by Gasteiger charge is 2.27. The molecular formula is C14H12ClN5S. The molecule has 4 rings (SSSR count). The first-order chi connectivity index (χ1) is 10.3. The van der Waals surface area contributed by atoms with E-state index in [1.807, 2.05) is 28.9 Å². The van der Waals surface area contributed by atoms with Gasteiger partial charge >= 0.3 is 0 Å². The summed E-state index contributed by atoms with van der Waals surface area (Å²) in [6.45, 7) is 0. The van der Waals surface area contributed by atoms with Gasteiger partial charge in [-0.15, -0.1) is 5.10 Å². The first-order valence-electron chi connectivity index (χ1n) is 6.76. The second kappa shape index (κ2) is 5.27. The van der Waals surface area contributed by atoms with Crippen molar-refractivity contribution in [3.8, 4) is 0 Å². The third kappa shape index (κ3) is 2.49. The summed E-state index contributed by atoms with van der Waals surface area (Å²) in [5.74, 6) is 0.776. The molecule has 106 valence electrons. The molecule has 1 fully saturated rings. The molecule has 2 heterocycles. The summed E-state index contributed by atoms with van der Waals surface area (Å²) in [7, 11) is 0. The molecule has 2 aromatic heterocycles. The molecule has 1 saturated carbocycles. The van der Waals surface area contributed by atoms with Crippen molar-refractivity contribution >= 4 is 34.3 Å². The average Bonchev–Trinajstić information content (AvgIpc) is 3.26. The van der Waals surface area contributed by atoms with Crippen molar-refractivity contribution in [2.45, 2.75) is 29.8 Å². The number of hydrogen-bond donors (Lipinski definition) is 0. The zero-order valence-electron chi connectivity index (χ0n) is 11.1. The van der Waals surface area contributed by atoms with E-state index in [2.05, 4.69) is 20.5 Å². The van der Waals surface area contributed by atoms with Crippen molar-refractivity contribution in [2.75, 3.05) is 0 Å². The number of tetrazole rings is 1. The molecule has 7 heteroatoms. The quantitative estimate of drug-likeness (QED) is 0.689. The molecule has 0 amide bonds. The molecule has 3 aromatic rings. The summed E-state index contributed by atoms with van der Waals surface area (Å²) >= 11 is 7.86. The Morgan fingerprint density at radius 3 is 3.05 bits per heavy atom. The van der Waals surface area contributed by atoms with Crippen LogP contribution in [-0.4, -0.2) is 25.2 Å². The molecule has 0 spiro atoms. The van der Waals surface area contributed by atoms with E-state index in [1.54, 1.807) is 18.0 Å². The summed E-state index contributed by atoms with van der Waals surface area (Å²) in [5, 5.41) is 14.5. The van der Waals surface area contributed by atoms with E-state index in [9.17, 15) is 0 Å². The summed E-state index contributed by atoms with van der Waals surface area (Å²) in [5.41, 5.74) is 2.09. The van der Waals surface area contributed by atoms with Gasteiger partial charge in [-0.3, -0.25) is 4.98 Å². The van der Waals surface area contributed by atoms with Crippen LogP contribution in [0, 0.1) is 0 Å². The minimum absolute atomic E-state index is 0.489. The molecule has 1 aliphatic rings. The maximum Gasteiger partial charge on any atom is 0.209 e. The topological polar surface area (TPSA) is 56.5 Å². The van der Waals surface area contributed by atoms with Gasteiger partial charge < -0.3 is 0 Å². The third-order valence-electron chi connectivity index (χ3n) is 3.51. The molecule has 0 aliphatic heterocycles. The zero-order chi connectivity index (χ0) is 14.2. The molecule has 0 bridgehead atoms. The highest BCUT2D eigenvalue weighted by Crippen LogP contribution is 2.37. The normalized spacial score (nSPS) is 14.7. The van der Waals surface area contributed by atoms with Gasteiger partial charge in [0.1, 0.15) is 0 Å². The molecule has 0 unspecified atom stereocenters. The van der Waals surface area contributed by atoms with Crippen LogP contribution < -0.4 is 0 Å². The van der Waals surface area contributed by atoms with E-state index in [4.69, 9.17) is 11.6 Å². The minimum Gasteiger partial charge on any atom is -0.256 e. The first-order valence-corrected chi connectivity index (χ1v) is 8.12. The van der Waals surface area contributed by atoms with Crippen LogP contribution in [-0.2, 0) is 5.75 Å². The van der Waals surface area contributed by atoms with Crippen LogP contribution in [0.4, 0.5) is 0 Å². The van der Waals surface area contributed by atoms with Crippen LogP contribution >= 0.6 is 23.4 Å². The van der Waals surface area contributed by atoms with Crippen molar-refractivity contribution in [3.05, 3.63) is 41.0 Å². The fourth-order valence-electron chi connectivity index (χ4n) is 2.28. The summed E-state index contributed by atoms with van der Waals surface area (Å²) in [6, 6.07) is 8.33. The van der Waals surface area contributed by atoms with Crippen LogP contribution in [0.1, 0.15) is 24.4 Å². The predicted molar refractivity (Wildman–Crippen MR) is 82.4 cm³/mol. The van der Waals surface area contributed by atoms with Gasteiger partial charge in [-0.1, -0.05) is 29.4 Å². The molecule has 0 atom stereocenters. The Balaban J connectivity index is 1.62. The van der Waals surface area contributed by atoms with Crippen molar-refractivity contribution in [3.63, 3.8) is 0 Å². The van der Waals surface area contributed by atoms with Gasteiger partial charge in [-0.2, -0.15) is 0 Å². The van der Waals surface area contributed by atoms with E-state index >= 15 is 0 Å². The molecule has 0 N–H and O–H groups in total. The van der Waals surface area contributed by atoms with Crippen LogP contribution in [0.5, 0.6) is 0 Å². The van der Waals surface area contributed by atoms with E-state index < -0.39 is 0 Å². The largest absolute Gasteiger partial charge is 0.256 e. The van der Waals surface area contributed by atoms with E-state index in [0.29, 0.717) is 6.04 Å². The summed E-state index contributed by atoms with van der Waals surface area (Å²) in [4.78, 5) is 4.46. The lowest BCUT2D eigenvalue weighted by Crippen LogP contribution is -1.99. The Bertz CT molecular complexity index is 799. The van der Waals surface area contributed by atoms with Crippen LogP contribution in [0.15, 0.2) is 35.6 Å². The lowest BCUT2D eigenvalue weighted by Gasteiger charge is -2.07. The number of hydrogen-bond acceptors (Lipinski definition) is 5. The number of pyridine rings is 1. The van der Waals surface area contributed by atoms with Crippen molar-refractivity contribution in [1.29, 1.82) is 0 Å². The number of nitrogens with zero attached hydrogens (tertiary/aromatic N) is 5. The molecule has 1 aromatic carbocycles. The second-order valence-corrected chi connectivity index (χ2v) is 6.38. The standard InChI is InChI=1S/C14H12ClN5S/c15-12-6-3-9(13-11(12)2-1-7-16-13)8-21-14-17-18-19-20(14)10-4-5-10/h1-3,6-7,10H,4-5,8H2. The smallest absolute Gasteiger partial charge is 0.209 e. The average molecular weight is 318 g/mol. The lowest BCUT2D eigenvalue weighted by molar-refractivity contribution is 0.565. The van der Waals surface area contributed by atoms with Crippen LogP contribution in [0.2, 0.25) is 5.02 Å². The highest BCUT2D eigenvalue weighted by molar-refractivity contribution is 7.98. The first kappa shape index (κ1) is 13.0. The number of halogens is 1. The Morgan fingerprint density at radius 2 is 2.19 bits per heavy atom. The molecule has 0 radical (unpaired) electrons. The number of aromatic nitrogens is 5. The fourth-order valence-corrected chi connectivity index (χ4v) is 3.43.